The molecule has 0 radical (unpaired) electrons. The Morgan fingerprint density at radius 1 is 1.62 bits per heavy atom. The van der Waals surface area contributed by atoms with Gasteiger partial charge in [-0.3, -0.25) is 9.55 Å². The highest BCUT2D eigenvalue weighted by Crippen LogP contribution is 2.22. The SMILES string of the molecule is COC(=O)C(C)n1c(N)nc2cnccc21. The lowest BCUT2D eigenvalue weighted by Gasteiger charge is -2.13. The van der Waals surface area contributed by atoms with Crippen molar-refractivity contribution in [2.75, 3.05) is 12.8 Å². The van der Waals surface area contributed by atoms with Gasteiger partial charge in [0.1, 0.15) is 11.6 Å². The fraction of sp³-hybridized carbons (Fsp3) is 0.300. The van der Waals surface area contributed by atoms with E-state index in [1.54, 1.807) is 30.0 Å². The van der Waals surface area contributed by atoms with Gasteiger partial charge in [0, 0.05) is 6.20 Å². The number of nitrogens with zero attached hydrogens (tertiary/aromatic N) is 3. The van der Waals surface area contributed by atoms with Crippen molar-refractivity contribution < 1.29 is 9.53 Å². The van der Waals surface area contributed by atoms with Crippen molar-refractivity contribution in [1.82, 2.24) is 14.5 Å². The third kappa shape index (κ3) is 1.48. The molecule has 0 saturated carbocycles. The highest BCUT2D eigenvalue weighted by Gasteiger charge is 2.20. The normalized spacial score (nSPS) is 12.6. The molecule has 0 amide bonds. The van der Waals surface area contributed by atoms with Gasteiger partial charge in [0.15, 0.2) is 0 Å². The Labute approximate surface area is 92.0 Å². The topological polar surface area (TPSA) is 83.0 Å². The molecule has 0 spiro atoms. The van der Waals surface area contributed by atoms with Crippen LogP contribution in [0.3, 0.4) is 0 Å². The van der Waals surface area contributed by atoms with E-state index >= 15 is 0 Å². The molecule has 1 unspecified atom stereocenters. The highest BCUT2D eigenvalue weighted by molar-refractivity contribution is 5.82. The molecule has 2 rings (SSSR count). The summed E-state index contributed by atoms with van der Waals surface area (Å²) in [5.74, 6) is -0.0799. The van der Waals surface area contributed by atoms with Crippen molar-refractivity contribution in [2.24, 2.45) is 0 Å². The second-order valence-corrected chi connectivity index (χ2v) is 3.40. The molecular formula is C10H12N4O2. The number of nitrogen functional groups attached to an aromatic ring is 1. The van der Waals surface area contributed by atoms with Crippen LogP contribution in [0.25, 0.3) is 11.0 Å². The predicted molar refractivity (Wildman–Crippen MR) is 58.7 cm³/mol. The summed E-state index contributed by atoms with van der Waals surface area (Å²) in [7, 11) is 1.34. The van der Waals surface area contributed by atoms with E-state index in [1.165, 1.54) is 7.11 Å². The van der Waals surface area contributed by atoms with Crippen LogP contribution in [0, 0.1) is 0 Å². The second-order valence-electron chi connectivity index (χ2n) is 3.40. The monoisotopic (exact) mass is 220 g/mol. The van der Waals surface area contributed by atoms with Gasteiger partial charge in [-0.2, -0.15) is 0 Å². The largest absolute Gasteiger partial charge is 0.467 e. The van der Waals surface area contributed by atoms with Gasteiger partial charge < -0.3 is 10.5 Å². The number of anilines is 1. The van der Waals surface area contributed by atoms with E-state index < -0.39 is 6.04 Å². The molecule has 0 fully saturated rings. The van der Waals surface area contributed by atoms with E-state index in [0.29, 0.717) is 5.52 Å². The Hall–Kier alpha value is -2.11. The van der Waals surface area contributed by atoms with Crippen LogP contribution in [0.1, 0.15) is 13.0 Å². The van der Waals surface area contributed by atoms with Crippen molar-refractivity contribution in [3.63, 3.8) is 0 Å². The van der Waals surface area contributed by atoms with E-state index in [-0.39, 0.29) is 11.9 Å². The van der Waals surface area contributed by atoms with E-state index in [4.69, 9.17) is 5.73 Å². The van der Waals surface area contributed by atoms with Crippen LogP contribution in [0.2, 0.25) is 0 Å². The van der Waals surface area contributed by atoms with Crippen LogP contribution in [0.4, 0.5) is 5.95 Å². The van der Waals surface area contributed by atoms with Crippen molar-refractivity contribution in [3.05, 3.63) is 18.5 Å². The molecule has 16 heavy (non-hydrogen) atoms. The first-order valence-corrected chi connectivity index (χ1v) is 4.80. The first-order valence-electron chi connectivity index (χ1n) is 4.80. The Balaban J connectivity index is 2.59. The third-order valence-electron chi connectivity index (χ3n) is 2.45. The van der Waals surface area contributed by atoms with Gasteiger partial charge in [-0.15, -0.1) is 0 Å². The summed E-state index contributed by atoms with van der Waals surface area (Å²) >= 11 is 0. The minimum Gasteiger partial charge on any atom is -0.467 e. The van der Waals surface area contributed by atoms with Crippen LogP contribution in [0.5, 0.6) is 0 Å². The molecule has 2 N–H and O–H groups in total. The Bertz CT molecular complexity index is 535. The lowest BCUT2D eigenvalue weighted by molar-refractivity contribution is -0.143. The fourth-order valence-corrected chi connectivity index (χ4v) is 1.65. The number of hydrogen-bond donors (Lipinski definition) is 1. The van der Waals surface area contributed by atoms with Crippen LogP contribution in [-0.4, -0.2) is 27.6 Å². The summed E-state index contributed by atoms with van der Waals surface area (Å²) in [6, 6.07) is 1.26. The average molecular weight is 220 g/mol. The number of pyridine rings is 1. The summed E-state index contributed by atoms with van der Waals surface area (Å²) < 4.78 is 6.31. The number of fused-ring (bicyclic) bond motifs is 1. The Morgan fingerprint density at radius 3 is 3.06 bits per heavy atom. The van der Waals surface area contributed by atoms with Gasteiger partial charge >= 0.3 is 5.97 Å². The number of ether oxygens (including phenoxy) is 1. The maximum Gasteiger partial charge on any atom is 0.328 e. The van der Waals surface area contributed by atoms with Gasteiger partial charge in [-0.1, -0.05) is 0 Å². The molecule has 0 aliphatic carbocycles. The molecule has 0 aliphatic rings. The minimum atomic E-state index is -0.502. The number of rotatable bonds is 2. The molecule has 0 bridgehead atoms. The number of carbonyl (C=O) groups is 1. The van der Waals surface area contributed by atoms with E-state index in [2.05, 4.69) is 14.7 Å². The Morgan fingerprint density at radius 2 is 2.38 bits per heavy atom. The zero-order valence-corrected chi connectivity index (χ0v) is 9.04. The number of esters is 1. The van der Waals surface area contributed by atoms with Gasteiger partial charge in [-0.05, 0) is 13.0 Å². The third-order valence-corrected chi connectivity index (χ3v) is 2.45. The van der Waals surface area contributed by atoms with E-state index in [9.17, 15) is 4.79 Å². The van der Waals surface area contributed by atoms with Crippen molar-refractivity contribution in [3.8, 4) is 0 Å². The lowest BCUT2D eigenvalue weighted by Crippen LogP contribution is -2.19. The molecule has 1 atom stereocenters. The van der Waals surface area contributed by atoms with Crippen LogP contribution in [0.15, 0.2) is 18.5 Å². The molecule has 0 aromatic carbocycles. The number of nitrogens with two attached hydrogens (primary N) is 1. The summed E-state index contributed by atoms with van der Waals surface area (Å²) in [6.07, 6.45) is 3.23. The summed E-state index contributed by atoms with van der Waals surface area (Å²) in [4.78, 5) is 19.5. The number of carbonyl (C=O) groups excluding carboxylic acids is 1. The second kappa shape index (κ2) is 3.80. The number of methoxy groups -OCH3 is 1. The maximum absolute atomic E-state index is 11.5. The summed E-state index contributed by atoms with van der Waals surface area (Å²) in [5.41, 5.74) is 7.19. The molecule has 0 aliphatic heterocycles. The Kier molecular flexibility index (Phi) is 2.47. The molecular weight excluding hydrogens is 208 g/mol. The molecule has 2 aromatic rings. The molecule has 0 saturated heterocycles. The van der Waals surface area contributed by atoms with Gasteiger partial charge in [0.25, 0.3) is 0 Å². The van der Waals surface area contributed by atoms with Crippen molar-refractivity contribution in [1.29, 1.82) is 0 Å². The fourth-order valence-electron chi connectivity index (χ4n) is 1.65. The van der Waals surface area contributed by atoms with Gasteiger partial charge in [0.05, 0.1) is 18.8 Å². The quantitative estimate of drug-likeness (QED) is 0.755. The molecule has 2 aromatic heterocycles. The van der Waals surface area contributed by atoms with Crippen LogP contribution >= 0.6 is 0 Å². The maximum atomic E-state index is 11.5. The number of aromatic nitrogens is 3. The zero-order chi connectivity index (χ0) is 11.7. The average Bonchev–Trinajstić information content (AvgIpc) is 2.63. The van der Waals surface area contributed by atoms with Crippen molar-refractivity contribution in [2.45, 2.75) is 13.0 Å². The van der Waals surface area contributed by atoms with Crippen LogP contribution in [-0.2, 0) is 9.53 Å². The zero-order valence-electron chi connectivity index (χ0n) is 9.04. The molecule has 6 heteroatoms. The van der Waals surface area contributed by atoms with Gasteiger partial charge in [0.2, 0.25) is 5.95 Å². The molecule has 84 valence electrons. The lowest BCUT2D eigenvalue weighted by atomic mass is 10.3. The van der Waals surface area contributed by atoms with E-state index in [1.807, 2.05) is 0 Å². The molecule has 6 nitrogen and oxygen atoms in total. The predicted octanol–water partition coefficient (Wildman–Crippen LogP) is 0.747. The van der Waals surface area contributed by atoms with Crippen LogP contribution < -0.4 is 5.73 Å². The highest BCUT2D eigenvalue weighted by atomic mass is 16.5. The summed E-state index contributed by atoms with van der Waals surface area (Å²) in [5, 5.41) is 0. The first-order chi connectivity index (χ1) is 7.65. The van der Waals surface area contributed by atoms with Gasteiger partial charge in [-0.25, -0.2) is 9.78 Å². The number of imidazole rings is 1. The first kappa shape index (κ1) is 10.4. The minimum absolute atomic E-state index is 0.279. The van der Waals surface area contributed by atoms with E-state index in [0.717, 1.165) is 5.52 Å². The standard InChI is InChI=1S/C10H12N4O2/c1-6(9(15)16-2)14-8-3-4-12-5-7(8)13-10(14)11/h3-6H,1-2H3,(H2,11,13). The van der Waals surface area contributed by atoms with Crippen molar-refractivity contribution >= 4 is 23.0 Å². The number of hydrogen-bond acceptors (Lipinski definition) is 5. The smallest absolute Gasteiger partial charge is 0.328 e. The summed E-state index contributed by atoms with van der Waals surface area (Å²) in [6.45, 7) is 1.71. The molecule has 2 heterocycles.